The quantitative estimate of drug-likeness (QED) is 0.912. The van der Waals surface area contributed by atoms with Crippen molar-refractivity contribution < 1.29 is 9.47 Å². The Balaban J connectivity index is 1.70. The summed E-state index contributed by atoms with van der Waals surface area (Å²) in [5.41, 5.74) is 1.50. The van der Waals surface area contributed by atoms with Gasteiger partial charge in [-0.1, -0.05) is 6.07 Å². The molecule has 0 saturated carbocycles. The fourth-order valence-electron chi connectivity index (χ4n) is 2.87. The maximum Gasteiger partial charge on any atom is 0.142 e. The van der Waals surface area contributed by atoms with Crippen molar-refractivity contribution in [1.82, 2.24) is 4.98 Å². The van der Waals surface area contributed by atoms with E-state index in [0.717, 1.165) is 42.5 Å². The Morgan fingerprint density at radius 1 is 1.21 bits per heavy atom. The van der Waals surface area contributed by atoms with Gasteiger partial charge in [-0.15, -0.1) is 0 Å². The van der Waals surface area contributed by atoms with E-state index in [9.17, 15) is 0 Å². The topological polar surface area (TPSA) is 70.4 Å². The molecule has 1 atom stereocenters. The standard InChI is InChI=1S/C18H20N4O2/c1-23-16-8-15(9-17(10-16)24-2)22-7-6-14(12-22)21-18-5-3-4-13(11-19)20-18/h3-5,8-10,14H,6-7,12H2,1-2H3,(H,20,21). The Kier molecular flexibility index (Phi) is 4.71. The highest BCUT2D eigenvalue weighted by molar-refractivity contribution is 5.57. The van der Waals surface area contributed by atoms with Gasteiger partial charge in [0.1, 0.15) is 29.1 Å². The minimum atomic E-state index is 0.281. The van der Waals surface area contributed by atoms with Crippen LogP contribution in [0, 0.1) is 11.3 Å². The minimum Gasteiger partial charge on any atom is -0.497 e. The smallest absolute Gasteiger partial charge is 0.142 e. The maximum absolute atomic E-state index is 8.94. The fraction of sp³-hybridized carbons (Fsp3) is 0.333. The third-order valence-electron chi connectivity index (χ3n) is 4.11. The van der Waals surface area contributed by atoms with E-state index in [1.807, 2.05) is 30.3 Å². The van der Waals surface area contributed by atoms with E-state index in [2.05, 4.69) is 21.3 Å². The highest BCUT2D eigenvalue weighted by atomic mass is 16.5. The van der Waals surface area contributed by atoms with Crippen LogP contribution in [-0.4, -0.2) is 38.3 Å². The van der Waals surface area contributed by atoms with Crippen LogP contribution in [0.15, 0.2) is 36.4 Å². The van der Waals surface area contributed by atoms with E-state index in [1.165, 1.54) is 0 Å². The first-order chi connectivity index (χ1) is 11.7. The molecule has 1 aromatic heterocycles. The molecule has 124 valence electrons. The molecular weight excluding hydrogens is 304 g/mol. The van der Waals surface area contributed by atoms with E-state index < -0.39 is 0 Å². The molecule has 0 aliphatic carbocycles. The second kappa shape index (κ2) is 7.09. The maximum atomic E-state index is 8.94. The summed E-state index contributed by atoms with van der Waals surface area (Å²) in [6, 6.07) is 13.7. The van der Waals surface area contributed by atoms with Crippen LogP contribution in [0.2, 0.25) is 0 Å². The van der Waals surface area contributed by atoms with Gasteiger partial charge in [0, 0.05) is 43.0 Å². The second-order valence-electron chi connectivity index (χ2n) is 5.67. The molecule has 0 amide bonds. The largest absolute Gasteiger partial charge is 0.497 e. The predicted molar refractivity (Wildman–Crippen MR) is 92.7 cm³/mol. The normalized spacial score (nSPS) is 16.5. The first-order valence-corrected chi connectivity index (χ1v) is 7.83. The Bertz CT molecular complexity index is 735. The molecule has 1 N–H and O–H groups in total. The number of methoxy groups -OCH3 is 2. The molecule has 1 aromatic carbocycles. The number of rotatable bonds is 5. The molecule has 1 aliphatic heterocycles. The van der Waals surface area contributed by atoms with Crippen molar-refractivity contribution in [2.45, 2.75) is 12.5 Å². The molecule has 1 fully saturated rings. The lowest BCUT2D eigenvalue weighted by atomic mass is 10.2. The van der Waals surface area contributed by atoms with Crippen LogP contribution in [0.3, 0.4) is 0 Å². The van der Waals surface area contributed by atoms with Crippen LogP contribution in [0.25, 0.3) is 0 Å². The number of hydrogen-bond acceptors (Lipinski definition) is 6. The van der Waals surface area contributed by atoms with Crippen molar-refractivity contribution in [1.29, 1.82) is 5.26 Å². The third-order valence-corrected chi connectivity index (χ3v) is 4.11. The number of ether oxygens (including phenoxy) is 2. The molecule has 1 unspecified atom stereocenters. The minimum absolute atomic E-state index is 0.281. The number of hydrogen-bond donors (Lipinski definition) is 1. The first kappa shape index (κ1) is 15.9. The molecule has 2 heterocycles. The van der Waals surface area contributed by atoms with Gasteiger partial charge in [-0.2, -0.15) is 5.26 Å². The zero-order valence-corrected chi connectivity index (χ0v) is 13.8. The Labute approximate surface area is 141 Å². The van der Waals surface area contributed by atoms with E-state index in [1.54, 1.807) is 20.3 Å². The lowest BCUT2D eigenvalue weighted by Crippen LogP contribution is -2.26. The zero-order chi connectivity index (χ0) is 16.9. The van der Waals surface area contributed by atoms with Gasteiger partial charge in [0.25, 0.3) is 0 Å². The molecule has 1 saturated heterocycles. The van der Waals surface area contributed by atoms with Gasteiger partial charge in [-0.25, -0.2) is 4.98 Å². The van der Waals surface area contributed by atoms with E-state index >= 15 is 0 Å². The number of aromatic nitrogens is 1. The number of benzene rings is 1. The van der Waals surface area contributed by atoms with Crippen LogP contribution >= 0.6 is 0 Å². The number of anilines is 2. The Hall–Kier alpha value is -2.94. The summed E-state index contributed by atoms with van der Waals surface area (Å²) >= 11 is 0. The van der Waals surface area contributed by atoms with Gasteiger partial charge in [0.2, 0.25) is 0 Å². The molecule has 0 radical (unpaired) electrons. The third kappa shape index (κ3) is 3.51. The van der Waals surface area contributed by atoms with Crippen LogP contribution < -0.4 is 19.7 Å². The van der Waals surface area contributed by atoms with Crippen molar-refractivity contribution in [2.24, 2.45) is 0 Å². The summed E-state index contributed by atoms with van der Waals surface area (Å²) in [5, 5.41) is 12.3. The average molecular weight is 324 g/mol. The van der Waals surface area contributed by atoms with Crippen molar-refractivity contribution in [3.05, 3.63) is 42.1 Å². The van der Waals surface area contributed by atoms with Gasteiger partial charge in [-0.3, -0.25) is 0 Å². The first-order valence-electron chi connectivity index (χ1n) is 7.83. The summed E-state index contributed by atoms with van der Waals surface area (Å²) in [5.74, 6) is 2.30. The molecule has 1 aliphatic rings. The van der Waals surface area contributed by atoms with Crippen molar-refractivity contribution in [3.63, 3.8) is 0 Å². The van der Waals surface area contributed by atoms with E-state index in [0.29, 0.717) is 5.69 Å². The second-order valence-corrected chi connectivity index (χ2v) is 5.67. The lowest BCUT2D eigenvalue weighted by molar-refractivity contribution is 0.394. The SMILES string of the molecule is COc1cc(OC)cc(N2CCC(Nc3cccc(C#N)n3)C2)c1. The molecule has 6 heteroatoms. The van der Waals surface area contributed by atoms with Crippen LogP contribution in [0.1, 0.15) is 12.1 Å². The summed E-state index contributed by atoms with van der Waals surface area (Å²) in [4.78, 5) is 6.57. The number of pyridine rings is 1. The predicted octanol–water partition coefficient (Wildman–Crippen LogP) is 2.66. The van der Waals surface area contributed by atoms with Gasteiger partial charge in [0.15, 0.2) is 0 Å². The lowest BCUT2D eigenvalue weighted by Gasteiger charge is -2.20. The van der Waals surface area contributed by atoms with Crippen molar-refractivity contribution in [3.8, 4) is 17.6 Å². The number of nitriles is 1. The van der Waals surface area contributed by atoms with Gasteiger partial charge >= 0.3 is 0 Å². The number of nitrogens with zero attached hydrogens (tertiary/aromatic N) is 3. The number of nitrogens with one attached hydrogen (secondary N) is 1. The Morgan fingerprint density at radius 2 is 1.96 bits per heavy atom. The molecule has 0 bridgehead atoms. The van der Waals surface area contributed by atoms with Crippen LogP contribution in [0.5, 0.6) is 11.5 Å². The summed E-state index contributed by atoms with van der Waals surface area (Å²) in [6.45, 7) is 1.79. The monoisotopic (exact) mass is 324 g/mol. The Morgan fingerprint density at radius 3 is 2.62 bits per heavy atom. The van der Waals surface area contributed by atoms with Crippen LogP contribution in [0.4, 0.5) is 11.5 Å². The molecule has 2 aromatic rings. The van der Waals surface area contributed by atoms with E-state index in [4.69, 9.17) is 14.7 Å². The van der Waals surface area contributed by atoms with Crippen molar-refractivity contribution >= 4 is 11.5 Å². The fourth-order valence-corrected chi connectivity index (χ4v) is 2.87. The van der Waals surface area contributed by atoms with Crippen LogP contribution in [-0.2, 0) is 0 Å². The van der Waals surface area contributed by atoms with Gasteiger partial charge in [0.05, 0.1) is 14.2 Å². The molecular formula is C18H20N4O2. The molecule has 24 heavy (non-hydrogen) atoms. The molecule has 0 spiro atoms. The van der Waals surface area contributed by atoms with Gasteiger partial charge in [-0.05, 0) is 18.6 Å². The van der Waals surface area contributed by atoms with Crippen molar-refractivity contribution in [2.75, 3.05) is 37.5 Å². The van der Waals surface area contributed by atoms with E-state index in [-0.39, 0.29) is 6.04 Å². The highest BCUT2D eigenvalue weighted by Crippen LogP contribution is 2.30. The summed E-state index contributed by atoms with van der Waals surface area (Å²) < 4.78 is 10.7. The summed E-state index contributed by atoms with van der Waals surface area (Å²) in [7, 11) is 3.31. The molecule has 6 nitrogen and oxygen atoms in total. The molecule has 3 rings (SSSR count). The summed E-state index contributed by atoms with van der Waals surface area (Å²) in [6.07, 6.45) is 0.998. The average Bonchev–Trinajstić information content (AvgIpc) is 3.09. The van der Waals surface area contributed by atoms with Gasteiger partial charge < -0.3 is 19.7 Å². The highest BCUT2D eigenvalue weighted by Gasteiger charge is 2.23. The zero-order valence-electron chi connectivity index (χ0n) is 13.8.